The highest BCUT2D eigenvalue weighted by atomic mass is 32.2. The van der Waals surface area contributed by atoms with Gasteiger partial charge in [0.05, 0.1) is 185 Å². The molecule has 1 unspecified atom stereocenters. The maximum absolute atomic E-state index is 15.1. The van der Waals surface area contributed by atoms with E-state index < -0.39 is 154 Å². The number of carbonyl (C=O) groups is 12. The van der Waals surface area contributed by atoms with Gasteiger partial charge in [0, 0.05) is 91.3 Å². The average molecular weight is 2110 g/mol. The van der Waals surface area contributed by atoms with Crippen LogP contribution in [0.5, 0.6) is 0 Å². The van der Waals surface area contributed by atoms with E-state index in [1.807, 2.05) is 80.6 Å². The first kappa shape index (κ1) is 125. The Labute approximate surface area is 878 Å². The molecule has 7 rings (SSSR count). The van der Waals surface area contributed by atoms with Crippen molar-refractivity contribution in [1.82, 2.24) is 72.2 Å². The summed E-state index contributed by atoms with van der Waals surface area (Å²) >= 11 is 0. The molecule has 832 valence electrons. The van der Waals surface area contributed by atoms with Crippen molar-refractivity contribution in [3.05, 3.63) is 113 Å². The Morgan fingerprint density at radius 2 is 1.10 bits per heavy atom. The fourth-order valence-corrected chi connectivity index (χ4v) is 18.5. The van der Waals surface area contributed by atoms with Crippen molar-refractivity contribution in [3.63, 3.8) is 0 Å². The summed E-state index contributed by atoms with van der Waals surface area (Å²) < 4.78 is 95.7. The predicted molar refractivity (Wildman–Crippen MR) is 555 cm³/mol. The summed E-state index contributed by atoms with van der Waals surface area (Å²) in [4.78, 5) is 174. The number of carbonyl (C=O) groups excluding carboxylic acids is 12. The zero-order chi connectivity index (χ0) is 109. The molecular formula is C106H165N15O27S. The van der Waals surface area contributed by atoms with E-state index in [0.29, 0.717) is 115 Å². The molecule has 3 aliphatic rings. The summed E-state index contributed by atoms with van der Waals surface area (Å²) in [6.07, 6.45) is 3.28. The number of aliphatic hydroxyl groups is 1. The van der Waals surface area contributed by atoms with E-state index in [1.165, 1.54) is 38.0 Å². The molecule has 1 aliphatic carbocycles. The number of unbranched alkanes of at least 4 members (excludes halogenated alkanes) is 1. The van der Waals surface area contributed by atoms with E-state index in [-0.39, 0.29) is 173 Å². The molecule has 3 aromatic carbocycles. The van der Waals surface area contributed by atoms with Crippen molar-refractivity contribution in [3.8, 4) is 11.8 Å². The Hall–Kier alpha value is -10.6. The minimum atomic E-state index is -4.16. The summed E-state index contributed by atoms with van der Waals surface area (Å²) in [6, 6.07) is 16.3. The van der Waals surface area contributed by atoms with E-state index in [0.717, 1.165) is 41.6 Å². The number of fused-ring (bicyclic) bond motifs is 3. The number of benzene rings is 3. The molecule has 14 atom stereocenters. The first-order chi connectivity index (χ1) is 71.4. The van der Waals surface area contributed by atoms with E-state index in [1.54, 1.807) is 89.1 Å². The van der Waals surface area contributed by atoms with Crippen molar-refractivity contribution in [1.29, 1.82) is 0 Å². The number of hydrogen-bond donors (Lipinski definition) is 10. The summed E-state index contributed by atoms with van der Waals surface area (Å²) in [5.74, 6) is -2.35. The number of methoxy groups -OCH3 is 2. The summed E-state index contributed by atoms with van der Waals surface area (Å²) in [5, 5.41) is 42.4. The second-order valence-corrected chi connectivity index (χ2v) is 40.4. The van der Waals surface area contributed by atoms with Gasteiger partial charge in [-0.25, -0.2) is 4.68 Å². The molecule has 4 aromatic rings. The second-order valence-electron chi connectivity index (χ2n) is 38.9. The Morgan fingerprint density at radius 1 is 0.530 bits per heavy atom. The third-order valence-corrected chi connectivity index (χ3v) is 27.3. The molecule has 1 saturated heterocycles. The van der Waals surface area contributed by atoms with Gasteiger partial charge >= 0.3 is 0 Å². The standard InChI is InChI=1S/C106H165N15O27S/c1-16-74(8)98(87(138-14)68-93(127)119-49-29-38-85(119)100(139-15)75(9)101(129)110-76(10)99(128)80-32-19-17-20-33-80)118(13)106(134)95(72(4)5)114-104(132)97(73(6)7)117(12)105(133)77(11)111-103(131)94(71(2)3)113-102(130)82(112-90(124)45-52-141-56-60-145-63-65-146-61-57-142-53-47-108-88(122)42-43-92(126)120-69-81-34-24-23-30-78(81)40-41-79-31-25-26-36-83(79)120)35-27-28-46-107-91(125)70-148-86-39-22-18-21-37-84-96(86)115-116-121(84)50-54-143-58-62-147-66-64-144-59-55-140-51-44-89(123)109-48-67-149(135,136)137/h17,19-20,23-26,30-34,36,71-77,82,85-87,94-95,97-100,128H,16,18,21-22,27-29,35,37-39,42-70H2,1-15H3,(H,107,125)(H,108,122)(H,109,123)(H,110,129)(H,111,131)(H,112,124)(H,113,130)(H,114,132)(H,135,136,137)/t74-,75+,76+,77-,82+,85-,86?,87+,94-,95-,97-,98-,99+,100+/m0/s1. The SMILES string of the molecule is CC[C@H](C)[C@@H]([C@@H](CC(=O)N1CCC[C@H]1[C@H](OC)[C@@H](C)C(=O)N[C@H](C)[C@@H](O)c1ccccc1)OC)N(C)C(=O)[C@@H](NC(=O)[C@H](C(C)C)N(C)C(=O)[C@H](C)NC(=O)[C@@H](NC(=O)[C@@H](CCCCNC(=O)COC1CCCCCc2c1nnn2CCOCCOCCOCCOCCC(=O)NCCS(=O)(=O)O)NC(=O)CCOCCOCCOCCOCCNC(=O)CCC(=O)N1Cc2ccccc2C#Cc2ccccc21)C(C)C)C(C)C. The van der Waals surface area contributed by atoms with Crippen LogP contribution in [-0.2, 0) is 139 Å². The van der Waals surface area contributed by atoms with Crippen molar-refractivity contribution in [2.45, 2.75) is 265 Å². The molecule has 0 saturated carbocycles. The van der Waals surface area contributed by atoms with Crippen LogP contribution in [0.3, 0.4) is 0 Å². The number of likely N-dealkylation sites (N-methyl/N-ethyl adjacent to an activating group) is 2. The van der Waals surface area contributed by atoms with E-state index in [9.17, 15) is 66.3 Å². The molecule has 0 spiro atoms. The molecule has 1 fully saturated rings. The van der Waals surface area contributed by atoms with Crippen LogP contribution >= 0.6 is 0 Å². The van der Waals surface area contributed by atoms with E-state index >= 15 is 4.79 Å². The van der Waals surface area contributed by atoms with Crippen LogP contribution in [0, 0.1) is 41.4 Å². The van der Waals surface area contributed by atoms with Crippen LogP contribution in [0.15, 0.2) is 78.9 Å². The maximum atomic E-state index is 15.1. The highest BCUT2D eigenvalue weighted by Crippen LogP contribution is 2.34. The number of amides is 12. The van der Waals surface area contributed by atoms with Gasteiger partial charge < -0.3 is 119 Å². The fourth-order valence-electron chi connectivity index (χ4n) is 18.1. The minimum Gasteiger partial charge on any atom is -0.386 e. The Kier molecular flexibility index (Phi) is 56.9. The van der Waals surface area contributed by atoms with Crippen molar-refractivity contribution in [2.24, 2.45) is 29.6 Å². The molecule has 3 heterocycles. The van der Waals surface area contributed by atoms with Gasteiger partial charge in [0.2, 0.25) is 70.9 Å². The summed E-state index contributed by atoms with van der Waals surface area (Å²) in [6.45, 7) is 24.1. The zero-order valence-corrected chi connectivity index (χ0v) is 90.6. The van der Waals surface area contributed by atoms with Gasteiger partial charge in [-0.1, -0.05) is 159 Å². The molecule has 12 amide bonds. The maximum Gasteiger partial charge on any atom is 0.266 e. The third kappa shape index (κ3) is 43.2. The minimum absolute atomic E-state index is 0.000168. The quantitative estimate of drug-likeness (QED) is 0.0150. The summed E-state index contributed by atoms with van der Waals surface area (Å²) in [5.41, 5.74) is 5.40. The van der Waals surface area contributed by atoms with Crippen molar-refractivity contribution < 1.29 is 128 Å². The normalized spacial score (nSPS) is 16.5. The number of aromatic nitrogens is 3. The lowest BCUT2D eigenvalue weighted by Gasteiger charge is -2.41. The van der Waals surface area contributed by atoms with Crippen molar-refractivity contribution in [2.75, 3.05) is 177 Å². The largest absolute Gasteiger partial charge is 0.386 e. The lowest BCUT2D eigenvalue weighted by Crippen LogP contribution is -2.62. The van der Waals surface area contributed by atoms with Gasteiger partial charge in [-0.2, -0.15) is 8.42 Å². The Morgan fingerprint density at radius 3 is 1.72 bits per heavy atom. The van der Waals surface area contributed by atoms with Crippen LogP contribution < -0.4 is 47.4 Å². The molecule has 42 nitrogen and oxygen atoms in total. The molecule has 0 bridgehead atoms. The molecule has 43 heteroatoms. The number of aliphatic hydroxyl groups excluding tert-OH is 1. The van der Waals surface area contributed by atoms with Gasteiger partial charge in [0.1, 0.15) is 48.6 Å². The van der Waals surface area contributed by atoms with Crippen molar-refractivity contribution >= 4 is 86.7 Å². The third-order valence-electron chi connectivity index (χ3n) is 26.6. The summed E-state index contributed by atoms with van der Waals surface area (Å²) in [7, 11) is 1.88. The fraction of sp³-hybridized carbons (Fsp3) is 0.679. The van der Waals surface area contributed by atoms with Gasteiger partial charge in [-0.05, 0) is 118 Å². The van der Waals surface area contributed by atoms with Crippen LogP contribution in [0.2, 0.25) is 0 Å². The number of nitrogens with one attached hydrogen (secondary N) is 8. The first-order valence-electron chi connectivity index (χ1n) is 52.4. The van der Waals surface area contributed by atoms with Crippen LogP contribution in [0.1, 0.15) is 218 Å². The second kappa shape index (κ2) is 67.7. The zero-order valence-electron chi connectivity index (χ0n) is 89.7. The highest BCUT2D eigenvalue weighted by Gasteiger charge is 2.45. The number of likely N-dealkylation sites (tertiary alicyclic amines) is 1. The predicted octanol–water partition coefficient (Wildman–Crippen LogP) is 5.41. The van der Waals surface area contributed by atoms with Crippen LogP contribution in [-0.4, -0.2) is 352 Å². The number of nitrogens with zero attached hydrogens (tertiary/aromatic N) is 7. The van der Waals surface area contributed by atoms with E-state index in [4.69, 9.17) is 56.7 Å². The molecule has 1 aromatic heterocycles. The smallest absolute Gasteiger partial charge is 0.266 e. The monoisotopic (exact) mass is 2110 g/mol. The average Bonchev–Trinajstić information content (AvgIpc) is 1.52. The van der Waals surface area contributed by atoms with Gasteiger partial charge in [-0.3, -0.25) is 62.1 Å². The first-order valence-corrected chi connectivity index (χ1v) is 54.0. The van der Waals surface area contributed by atoms with Gasteiger partial charge in [0.25, 0.3) is 10.1 Å². The number of hydrogen-bond acceptors (Lipinski definition) is 28. The Bertz CT molecular complexity index is 4990. The highest BCUT2D eigenvalue weighted by molar-refractivity contribution is 7.85. The number of para-hydroxylation sites is 1. The molecule has 10 N–H and O–H groups in total. The van der Waals surface area contributed by atoms with Crippen LogP contribution in [0.4, 0.5) is 5.69 Å². The van der Waals surface area contributed by atoms with Gasteiger partial charge in [0.15, 0.2) is 0 Å². The lowest BCUT2D eigenvalue weighted by atomic mass is 9.89. The molecule has 2 aliphatic heterocycles. The lowest BCUT2D eigenvalue weighted by molar-refractivity contribution is -0.149. The Balaban J connectivity index is 0.883. The van der Waals surface area contributed by atoms with Gasteiger partial charge in [-0.15, -0.1) is 5.10 Å². The van der Waals surface area contributed by atoms with E-state index in [2.05, 4.69) is 64.7 Å². The number of anilines is 1. The number of ether oxygens (including phenoxy) is 11. The molecular weight excluding hydrogens is 1950 g/mol. The van der Waals surface area contributed by atoms with Crippen LogP contribution in [0.25, 0.3) is 0 Å². The number of rotatable bonds is 71. The molecule has 149 heavy (non-hydrogen) atoms. The topological polar surface area (TPSA) is 521 Å². The molecule has 0 radical (unpaired) electrons.